The molecule has 180 valence electrons. The van der Waals surface area contributed by atoms with Crippen LogP contribution in [0.1, 0.15) is 39.9 Å². The predicted molar refractivity (Wildman–Crippen MR) is 142 cm³/mol. The highest BCUT2D eigenvalue weighted by atomic mass is 32.2. The number of nitrogens with two attached hydrogens (primary N) is 1. The third-order valence-corrected chi connectivity index (χ3v) is 8.06. The van der Waals surface area contributed by atoms with E-state index in [1.807, 2.05) is 75.7 Å². The van der Waals surface area contributed by atoms with Crippen LogP contribution in [0.4, 0.5) is 5.82 Å². The number of rotatable bonds is 8. The molecule has 1 aromatic carbocycles. The number of aromatic nitrogens is 2. The number of amides is 1. The van der Waals surface area contributed by atoms with Crippen molar-refractivity contribution < 1.29 is 4.79 Å². The Bertz CT molecular complexity index is 938. The third-order valence-electron chi connectivity index (χ3n) is 5.53. The molecule has 0 saturated carbocycles. The summed E-state index contributed by atoms with van der Waals surface area (Å²) in [4.78, 5) is 23.9. The molecular weight excluding hydrogens is 452 g/mol. The Morgan fingerprint density at radius 3 is 2.58 bits per heavy atom. The number of allylic oxidation sites excluding steroid dienone is 1. The zero-order valence-corrected chi connectivity index (χ0v) is 21.7. The number of thioether (sulfide) groups is 1. The number of nitrogens with zero attached hydrogens (tertiary/aromatic N) is 4. The summed E-state index contributed by atoms with van der Waals surface area (Å²) in [5.41, 5.74) is 6.50. The summed E-state index contributed by atoms with van der Waals surface area (Å²) in [5.74, 6) is 1.14. The Labute approximate surface area is 206 Å². The fourth-order valence-electron chi connectivity index (χ4n) is 3.81. The van der Waals surface area contributed by atoms with Crippen LogP contribution in [-0.2, 0) is 11.3 Å². The highest BCUT2D eigenvalue weighted by Crippen LogP contribution is 2.35. The maximum Gasteiger partial charge on any atom is 0.240 e. The molecule has 0 spiro atoms. The van der Waals surface area contributed by atoms with E-state index in [0.717, 1.165) is 49.3 Å². The van der Waals surface area contributed by atoms with E-state index in [-0.39, 0.29) is 11.8 Å². The van der Waals surface area contributed by atoms with Gasteiger partial charge < -0.3 is 11.1 Å². The molecule has 7 nitrogen and oxygen atoms in total. The van der Waals surface area contributed by atoms with Crippen LogP contribution >= 0.6 is 23.7 Å². The van der Waals surface area contributed by atoms with Crippen LogP contribution in [-0.4, -0.2) is 61.9 Å². The summed E-state index contributed by atoms with van der Waals surface area (Å²) >= 11 is 3.89. The molecule has 1 saturated heterocycles. The zero-order valence-electron chi connectivity index (χ0n) is 20.0. The SMILES string of the molecule is CC.CC(C)C(Nc1nc(CN2CCN(SC3CC=CS3)CC2)nc2ccccc12)C(N)=O. The molecule has 2 aliphatic heterocycles. The first-order valence-corrected chi connectivity index (χ1v) is 13.5. The van der Waals surface area contributed by atoms with E-state index in [9.17, 15) is 4.79 Å². The van der Waals surface area contributed by atoms with Gasteiger partial charge in [-0.1, -0.05) is 57.9 Å². The first-order chi connectivity index (χ1) is 16.0. The second-order valence-electron chi connectivity index (χ2n) is 8.26. The average molecular weight is 489 g/mol. The standard InChI is InChI=1S/C22H30N6OS2.C2H6/c1-15(2)20(21(23)29)26-22-16-6-3-4-7-17(16)24-18(25-22)14-27-9-11-28(12-10-27)31-19-8-5-13-30-19;1-2/h3-7,13,15,19-20H,8-12,14H2,1-2H3,(H2,23,29)(H,24,25,26);1-2H3. The highest BCUT2D eigenvalue weighted by molar-refractivity contribution is 8.17. The van der Waals surface area contributed by atoms with Crippen molar-refractivity contribution in [2.45, 2.75) is 51.3 Å². The van der Waals surface area contributed by atoms with Crippen molar-refractivity contribution in [2.24, 2.45) is 11.7 Å². The Hall–Kier alpha value is -1.81. The zero-order chi connectivity index (χ0) is 23.8. The first kappa shape index (κ1) is 25.8. The van der Waals surface area contributed by atoms with Gasteiger partial charge in [-0.05, 0) is 29.9 Å². The molecule has 0 aliphatic carbocycles. The van der Waals surface area contributed by atoms with Gasteiger partial charge in [0.2, 0.25) is 5.91 Å². The lowest BCUT2D eigenvalue weighted by Crippen LogP contribution is -2.43. The summed E-state index contributed by atoms with van der Waals surface area (Å²) in [7, 11) is 0. The second-order valence-corrected chi connectivity index (χ2v) is 11.0. The van der Waals surface area contributed by atoms with E-state index in [2.05, 4.69) is 26.0 Å². The molecule has 1 aromatic heterocycles. The minimum absolute atomic E-state index is 0.0634. The fourth-order valence-corrected chi connectivity index (χ4v) is 6.09. The number of hydrogen-bond acceptors (Lipinski definition) is 8. The molecule has 2 atom stereocenters. The minimum Gasteiger partial charge on any atom is -0.368 e. The lowest BCUT2D eigenvalue weighted by atomic mass is 10.0. The summed E-state index contributed by atoms with van der Waals surface area (Å²) in [6.07, 6.45) is 3.41. The molecule has 4 rings (SSSR count). The maximum absolute atomic E-state index is 11.9. The largest absolute Gasteiger partial charge is 0.368 e. The van der Waals surface area contributed by atoms with Crippen molar-refractivity contribution in [1.82, 2.24) is 19.2 Å². The van der Waals surface area contributed by atoms with Gasteiger partial charge in [-0.15, -0.1) is 11.8 Å². The number of para-hydroxylation sites is 1. The summed E-state index contributed by atoms with van der Waals surface area (Å²) < 4.78 is 3.11. The molecule has 2 aromatic rings. The van der Waals surface area contributed by atoms with Crippen LogP contribution in [0.3, 0.4) is 0 Å². The molecule has 2 aliphatic rings. The predicted octanol–water partition coefficient (Wildman–Crippen LogP) is 4.32. The van der Waals surface area contributed by atoms with E-state index >= 15 is 0 Å². The van der Waals surface area contributed by atoms with Crippen LogP contribution < -0.4 is 11.1 Å². The van der Waals surface area contributed by atoms with Crippen LogP contribution in [0.15, 0.2) is 35.7 Å². The number of fused-ring (bicyclic) bond motifs is 1. The lowest BCUT2D eigenvalue weighted by molar-refractivity contribution is -0.119. The van der Waals surface area contributed by atoms with Gasteiger partial charge in [0.25, 0.3) is 0 Å². The number of piperazine rings is 1. The smallest absolute Gasteiger partial charge is 0.240 e. The number of carbonyl (C=O) groups is 1. The number of carbonyl (C=O) groups excluding carboxylic acids is 1. The number of primary amides is 1. The number of hydrogen-bond donors (Lipinski definition) is 2. The van der Waals surface area contributed by atoms with Crippen LogP contribution in [0.5, 0.6) is 0 Å². The number of benzene rings is 1. The van der Waals surface area contributed by atoms with E-state index < -0.39 is 6.04 Å². The lowest BCUT2D eigenvalue weighted by Gasteiger charge is -2.34. The van der Waals surface area contributed by atoms with Crippen LogP contribution in [0, 0.1) is 5.92 Å². The van der Waals surface area contributed by atoms with E-state index in [0.29, 0.717) is 16.9 Å². The van der Waals surface area contributed by atoms with Gasteiger partial charge in [-0.3, -0.25) is 9.69 Å². The first-order valence-electron chi connectivity index (χ1n) is 11.8. The van der Waals surface area contributed by atoms with Gasteiger partial charge >= 0.3 is 0 Å². The molecule has 3 N–H and O–H groups in total. The normalized spacial score (nSPS) is 20.0. The topological polar surface area (TPSA) is 87.4 Å². The molecule has 0 radical (unpaired) electrons. The van der Waals surface area contributed by atoms with E-state index in [1.54, 1.807) is 0 Å². The fraction of sp³-hybridized carbons (Fsp3) is 0.542. The third kappa shape index (κ3) is 7.09. The van der Waals surface area contributed by atoms with Gasteiger partial charge in [0, 0.05) is 31.6 Å². The van der Waals surface area contributed by atoms with Crippen molar-refractivity contribution in [1.29, 1.82) is 0 Å². The van der Waals surface area contributed by atoms with Crippen molar-refractivity contribution >= 4 is 46.3 Å². The van der Waals surface area contributed by atoms with Gasteiger partial charge in [0.15, 0.2) is 0 Å². The summed E-state index contributed by atoms with van der Waals surface area (Å²) in [6.45, 7) is 12.7. The second kappa shape index (κ2) is 12.6. The van der Waals surface area contributed by atoms with Crippen molar-refractivity contribution in [2.75, 3.05) is 31.5 Å². The van der Waals surface area contributed by atoms with Gasteiger partial charge in [-0.25, -0.2) is 14.3 Å². The van der Waals surface area contributed by atoms with Crippen molar-refractivity contribution in [3.05, 3.63) is 41.6 Å². The van der Waals surface area contributed by atoms with E-state index in [1.165, 1.54) is 0 Å². The number of nitrogens with one attached hydrogen (secondary N) is 1. The van der Waals surface area contributed by atoms with E-state index in [4.69, 9.17) is 15.7 Å². The number of anilines is 1. The molecule has 1 fully saturated rings. The van der Waals surface area contributed by atoms with Crippen molar-refractivity contribution in [3.8, 4) is 0 Å². The van der Waals surface area contributed by atoms with Crippen LogP contribution in [0.25, 0.3) is 10.9 Å². The molecule has 3 heterocycles. The Morgan fingerprint density at radius 1 is 1.21 bits per heavy atom. The Morgan fingerprint density at radius 2 is 1.94 bits per heavy atom. The minimum atomic E-state index is -0.477. The molecule has 33 heavy (non-hydrogen) atoms. The molecule has 0 bridgehead atoms. The molecular formula is C24H36N6OS2. The maximum atomic E-state index is 11.9. The Balaban J connectivity index is 0.00000149. The summed E-state index contributed by atoms with van der Waals surface area (Å²) in [5, 5.41) is 6.39. The molecule has 9 heteroatoms. The highest BCUT2D eigenvalue weighted by Gasteiger charge is 2.24. The molecule has 1 amide bonds. The summed E-state index contributed by atoms with van der Waals surface area (Å²) in [6, 6.07) is 7.42. The van der Waals surface area contributed by atoms with Crippen molar-refractivity contribution in [3.63, 3.8) is 0 Å². The quantitative estimate of drug-likeness (QED) is 0.531. The molecule has 2 unspecified atom stereocenters. The van der Waals surface area contributed by atoms with Gasteiger partial charge in [0.05, 0.1) is 16.6 Å². The average Bonchev–Trinajstić information content (AvgIpc) is 3.32. The monoisotopic (exact) mass is 488 g/mol. The van der Waals surface area contributed by atoms with Gasteiger partial charge in [0.1, 0.15) is 17.7 Å². The van der Waals surface area contributed by atoms with Gasteiger partial charge in [-0.2, -0.15) is 0 Å². The Kier molecular flexibility index (Phi) is 9.85. The van der Waals surface area contributed by atoms with Crippen LogP contribution in [0.2, 0.25) is 0 Å².